The first kappa shape index (κ1) is 12.8. The highest BCUT2D eigenvalue weighted by atomic mass is 16.2. The quantitative estimate of drug-likeness (QED) is 0.732. The molecular formula is C18H14N2O2. The topological polar surface area (TPSA) is 58.2 Å². The van der Waals surface area contributed by atoms with Crippen molar-refractivity contribution in [3.05, 3.63) is 58.7 Å². The lowest BCUT2D eigenvalue weighted by Gasteiger charge is -2.04. The summed E-state index contributed by atoms with van der Waals surface area (Å²) >= 11 is 0. The van der Waals surface area contributed by atoms with Crippen LogP contribution in [0.25, 0.3) is 11.1 Å². The van der Waals surface area contributed by atoms with E-state index in [1.165, 1.54) is 0 Å². The van der Waals surface area contributed by atoms with Crippen LogP contribution in [0.5, 0.6) is 0 Å². The van der Waals surface area contributed by atoms with Crippen molar-refractivity contribution in [2.45, 2.75) is 13.8 Å². The normalized spacial score (nSPS) is 18.8. The van der Waals surface area contributed by atoms with Gasteiger partial charge in [0.25, 0.3) is 11.8 Å². The summed E-state index contributed by atoms with van der Waals surface area (Å²) in [5, 5.41) is 5.70. The van der Waals surface area contributed by atoms with Gasteiger partial charge in [-0.1, -0.05) is 24.3 Å². The highest BCUT2D eigenvalue weighted by Crippen LogP contribution is 2.42. The molecule has 0 aliphatic carbocycles. The Hall–Kier alpha value is -2.88. The summed E-state index contributed by atoms with van der Waals surface area (Å²) in [4.78, 5) is 24.8. The van der Waals surface area contributed by atoms with Crippen LogP contribution in [0.3, 0.4) is 0 Å². The molecule has 0 unspecified atom stereocenters. The number of carbonyl (C=O) groups is 2. The number of anilines is 2. The first-order valence-electron chi connectivity index (χ1n) is 7.13. The second-order valence-electron chi connectivity index (χ2n) is 5.76. The van der Waals surface area contributed by atoms with Crippen molar-refractivity contribution in [1.82, 2.24) is 0 Å². The molecule has 4 heteroatoms. The van der Waals surface area contributed by atoms with Gasteiger partial charge in [-0.25, -0.2) is 0 Å². The summed E-state index contributed by atoms with van der Waals surface area (Å²) in [6, 6.07) is 11.5. The molecule has 0 saturated carbocycles. The Bertz CT molecular complexity index is 820. The van der Waals surface area contributed by atoms with Crippen LogP contribution in [0.1, 0.15) is 22.3 Å². The van der Waals surface area contributed by atoms with Gasteiger partial charge >= 0.3 is 0 Å². The lowest BCUT2D eigenvalue weighted by Crippen LogP contribution is -2.10. The minimum atomic E-state index is -0.223. The van der Waals surface area contributed by atoms with E-state index in [1.54, 1.807) is 0 Å². The summed E-state index contributed by atoms with van der Waals surface area (Å²) in [5.74, 6) is -0.446. The molecule has 2 aromatic carbocycles. The van der Waals surface area contributed by atoms with Gasteiger partial charge in [0, 0.05) is 22.5 Å². The maximum absolute atomic E-state index is 12.4. The van der Waals surface area contributed by atoms with Gasteiger partial charge in [-0.3, -0.25) is 9.59 Å². The predicted molar refractivity (Wildman–Crippen MR) is 86.4 cm³/mol. The van der Waals surface area contributed by atoms with Gasteiger partial charge in [-0.15, -0.1) is 0 Å². The molecule has 2 aliphatic heterocycles. The van der Waals surface area contributed by atoms with E-state index in [4.69, 9.17) is 0 Å². The molecule has 0 aromatic heterocycles. The molecule has 2 heterocycles. The molecule has 4 nitrogen and oxygen atoms in total. The minimum Gasteiger partial charge on any atom is -0.321 e. The molecule has 0 spiro atoms. The van der Waals surface area contributed by atoms with Gasteiger partial charge in [0.15, 0.2) is 0 Å². The van der Waals surface area contributed by atoms with E-state index >= 15 is 0 Å². The molecule has 4 rings (SSSR count). The third-order valence-corrected chi connectivity index (χ3v) is 4.09. The van der Waals surface area contributed by atoms with E-state index in [9.17, 15) is 9.59 Å². The summed E-state index contributed by atoms with van der Waals surface area (Å²) in [6.45, 7) is 3.94. The predicted octanol–water partition coefficient (Wildman–Crippen LogP) is 3.12. The fourth-order valence-electron chi connectivity index (χ4n) is 3.07. The van der Waals surface area contributed by atoms with E-state index in [1.807, 2.05) is 50.2 Å². The van der Waals surface area contributed by atoms with Crippen molar-refractivity contribution in [1.29, 1.82) is 0 Å². The Kier molecular flexibility index (Phi) is 2.51. The van der Waals surface area contributed by atoms with Crippen LogP contribution in [0, 0.1) is 13.8 Å². The lowest BCUT2D eigenvalue weighted by atomic mass is 9.95. The maximum Gasteiger partial charge on any atom is 0.257 e. The van der Waals surface area contributed by atoms with Crippen LogP contribution >= 0.6 is 0 Å². The molecule has 0 saturated heterocycles. The molecule has 108 valence electrons. The average Bonchev–Trinajstić information content (AvgIpc) is 2.93. The average molecular weight is 290 g/mol. The third kappa shape index (κ3) is 1.70. The molecule has 2 N–H and O–H groups in total. The number of fused-ring (bicyclic) bond motifs is 2. The molecule has 22 heavy (non-hydrogen) atoms. The van der Waals surface area contributed by atoms with E-state index in [2.05, 4.69) is 10.6 Å². The Balaban J connectivity index is 2.00. The molecule has 0 atom stereocenters. The number of rotatable bonds is 0. The highest BCUT2D eigenvalue weighted by Gasteiger charge is 2.35. The Morgan fingerprint density at radius 1 is 0.682 bits per heavy atom. The Morgan fingerprint density at radius 2 is 1.09 bits per heavy atom. The number of nitrogens with one attached hydrogen (secondary N) is 2. The standard InChI is InChI=1S/C18H14N2O2/c1-9-3-5-11-13(7-9)19-17(21)15(11)16-12-6-4-10(2)8-14(12)20-18(16)22/h3-8H,1-2H3,(H,19,21)(H,20,22)/b16-15+. The van der Waals surface area contributed by atoms with Gasteiger partial charge in [-0.2, -0.15) is 0 Å². The van der Waals surface area contributed by atoms with Crippen LogP contribution in [0.2, 0.25) is 0 Å². The molecular weight excluding hydrogens is 276 g/mol. The van der Waals surface area contributed by atoms with E-state index in [-0.39, 0.29) is 11.8 Å². The minimum absolute atomic E-state index is 0.223. The van der Waals surface area contributed by atoms with Crippen molar-refractivity contribution < 1.29 is 9.59 Å². The molecule has 2 amide bonds. The summed E-state index contributed by atoms with van der Waals surface area (Å²) < 4.78 is 0. The maximum atomic E-state index is 12.4. The fourth-order valence-corrected chi connectivity index (χ4v) is 3.07. The SMILES string of the molecule is Cc1ccc2c(c1)NC(=O)/C2=C1/C(=O)Nc2cc(C)ccc21. The Morgan fingerprint density at radius 3 is 1.50 bits per heavy atom. The number of hydrogen-bond acceptors (Lipinski definition) is 2. The van der Waals surface area contributed by atoms with Gasteiger partial charge in [0.2, 0.25) is 0 Å². The Labute approximate surface area is 127 Å². The molecule has 0 bridgehead atoms. The van der Waals surface area contributed by atoms with Crippen LogP contribution in [-0.2, 0) is 9.59 Å². The van der Waals surface area contributed by atoms with Crippen LogP contribution < -0.4 is 10.6 Å². The number of benzene rings is 2. The van der Waals surface area contributed by atoms with Gasteiger partial charge in [0.05, 0.1) is 11.1 Å². The van der Waals surface area contributed by atoms with Crippen LogP contribution in [0.4, 0.5) is 11.4 Å². The first-order valence-corrected chi connectivity index (χ1v) is 7.13. The van der Waals surface area contributed by atoms with Crippen molar-refractivity contribution in [3.8, 4) is 0 Å². The number of aryl methyl sites for hydroxylation is 2. The monoisotopic (exact) mass is 290 g/mol. The molecule has 0 radical (unpaired) electrons. The smallest absolute Gasteiger partial charge is 0.257 e. The molecule has 0 fully saturated rings. The van der Waals surface area contributed by atoms with Gasteiger partial charge < -0.3 is 10.6 Å². The summed E-state index contributed by atoms with van der Waals surface area (Å²) in [5.41, 5.74) is 6.14. The third-order valence-electron chi connectivity index (χ3n) is 4.09. The molecule has 2 aliphatic rings. The zero-order valence-corrected chi connectivity index (χ0v) is 12.3. The van der Waals surface area contributed by atoms with Crippen molar-refractivity contribution in [2.75, 3.05) is 10.6 Å². The first-order chi connectivity index (χ1) is 10.5. The van der Waals surface area contributed by atoms with Crippen molar-refractivity contribution in [2.24, 2.45) is 0 Å². The zero-order valence-electron chi connectivity index (χ0n) is 12.3. The fraction of sp³-hybridized carbons (Fsp3) is 0.111. The largest absolute Gasteiger partial charge is 0.321 e. The van der Waals surface area contributed by atoms with Crippen molar-refractivity contribution >= 4 is 34.3 Å². The second kappa shape index (κ2) is 4.31. The second-order valence-corrected chi connectivity index (χ2v) is 5.76. The zero-order chi connectivity index (χ0) is 15.4. The van der Waals surface area contributed by atoms with Crippen LogP contribution in [-0.4, -0.2) is 11.8 Å². The van der Waals surface area contributed by atoms with Crippen molar-refractivity contribution in [3.63, 3.8) is 0 Å². The van der Waals surface area contributed by atoms with E-state index in [0.717, 1.165) is 33.6 Å². The number of carbonyl (C=O) groups excluding carboxylic acids is 2. The van der Waals surface area contributed by atoms with Gasteiger partial charge in [0.1, 0.15) is 0 Å². The summed E-state index contributed by atoms with van der Waals surface area (Å²) in [6.07, 6.45) is 0. The number of amides is 2. The lowest BCUT2D eigenvalue weighted by molar-refractivity contribution is -0.112. The van der Waals surface area contributed by atoms with E-state index in [0.29, 0.717) is 11.1 Å². The van der Waals surface area contributed by atoms with Gasteiger partial charge in [-0.05, 0) is 37.1 Å². The number of hydrogen-bond donors (Lipinski definition) is 2. The summed E-state index contributed by atoms with van der Waals surface area (Å²) in [7, 11) is 0. The van der Waals surface area contributed by atoms with Crippen LogP contribution in [0.15, 0.2) is 36.4 Å². The van der Waals surface area contributed by atoms with E-state index < -0.39 is 0 Å². The highest BCUT2D eigenvalue weighted by molar-refractivity contribution is 6.49. The molecule has 2 aromatic rings.